The summed E-state index contributed by atoms with van der Waals surface area (Å²) >= 11 is 5.91. The number of carbonyl (C=O) groups excluding carboxylic acids is 1. The minimum Gasteiger partial charge on any atom is -0.412 e. The molecule has 1 fully saturated rings. The first-order valence-electron chi connectivity index (χ1n) is 9.96. The van der Waals surface area contributed by atoms with Crippen LogP contribution in [0.1, 0.15) is 29.7 Å². The lowest BCUT2D eigenvalue weighted by Gasteiger charge is -2.28. The monoisotopic (exact) mass is 444 g/mol. The van der Waals surface area contributed by atoms with Crippen LogP contribution in [0.25, 0.3) is 5.69 Å². The minimum absolute atomic E-state index is 0. The van der Waals surface area contributed by atoms with Crippen LogP contribution in [0.5, 0.6) is 0 Å². The Morgan fingerprint density at radius 2 is 1.87 bits per heavy atom. The van der Waals surface area contributed by atoms with Gasteiger partial charge in [-0.2, -0.15) is 5.10 Å². The van der Waals surface area contributed by atoms with Crippen molar-refractivity contribution in [2.75, 3.05) is 31.1 Å². The van der Waals surface area contributed by atoms with Gasteiger partial charge in [-0.1, -0.05) is 18.5 Å². The number of benzene rings is 1. The van der Waals surface area contributed by atoms with E-state index in [0.29, 0.717) is 22.7 Å². The van der Waals surface area contributed by atoms with Crippen LogP contribution in [0, 0.1) is 0 Å². The third-order valence-electron chi connectivity index (χ3n) is 5.26. The molecule has 0 radical (unpaired) electrons. The number of Topliss-reactive ketones (excluding diaryl/α,β-unsaturated/α-hetero) is 1. The van der Waals surface area contributed by atoms with Crippen LogP contribution in [0.15, 0.2) is 53.7 Å². The predicted molar refractivity (Wildman–Crippen MR) is 119 cm³/mol. The first kappa shape index (κ1) is 22.7. The van der Waals surface area contributed by atoms with Crippen LogP contribution in [0.4, 0.5) is 5.82 Å². The number of hydrogen-bond acceptors (Lipinski definition) is 6. The van der Waals surface area contributed by atoms with Gasteiger partial charge < -0.3 is 15.7 Å². The van der Waals surface area contributed by atoms with Gasteiger partial charge in [0.25, 0.3) is 0 Å². The van der Waals surface area contributed by atoms with Crippen molar-refractivity contribution >= 4 is 23.2 Å². The Morgan fingerprint density at radius 3 is 2.48 bits per heavy atom. The Bertz CT molecular complexity index is 1070. The molecular formula is C21H25ClN6O3. The molecule has 0 aliphatic carbocycles. The van der Waals surface area contributed by atoms with Gasteiger partial charge in [-0.05, 0) is 42.8 Å². The lowest BCUT2D eigenvalue weighted by molar-refractivity contribution is 0.0911. The van der Waals surface area contributed by atoms with Crippen molar-refractivity contribution in [1.29, 1.82) is 0 Å². The average Bonchev–Trinajstić information content (AvgIpc) is 3.16. The summed E-state index contributed by atoms with van der Waals surface area (Å²) in [6.45, 7) is 5.50. The number of nitrogens with zero attached hydrogens (tertiary/aromatic N) is 5. The highest BCUT2D eigenvalue weighted by molar-refractivity contribution is 6.30. The van der Waals surface area contributed by atoms with Gasteiger partial charge in [0, 0.05) is 36.8 Å². The van der Waals surface area contributed by atoms with E-state index in [2.05, 4.69) is 20.3 Å². The van der Waals surface area contributed by atoms with Crippen molar-refractivity contribution in [1.82, 2.24) is 24.6 Å². The quantitative estimate of drug-likeness (QED) is 0.576. The number of pyridine rings is 1. The zero-order valence-corrected chi connectivity index (χ0v) is 17.9. The highest BCUT2D eigenvalue weighted by Gasteiger charge is 2.24. The van der Waals surface area contributed by atoms with Crippen molar-refractivity contribution in [2.45, 2.75) is 19.4 Å². The molecule has 4 rings (SSSR count). The van der Waals surface area contributed by atoms with Gasteiger partial charge in [-0.15, -0.1) is 0 Å². The van der Waals surface area contributed by atoms with Gasteiger partial charge in [0.1, 0.15) is 18.2 Å². The lowest BCUT2D eigenvalue weighted by atomic mass is 10.0. The Morgan fingerprint density at radius 1 is 1.16 bits per heavy atom. The average molecular weight is 445 g/mol. The molecule has 1 atom stereocenters. The lowest BCUT2D eigenvalue weighted by Crippen LogP contribution is -2.43. The smallest absolute Gasteiger partial charge is 0.351 e. The number of aromatic nitrogens is 4. The maximum absolute atomic E-state index is 13.0. The number of anilines is 1. The Balaban J connectivity index is 0.00000272. The normalized spacial score (nSPS) is 14.7. The van der Waals surface area contributed by atoms with E-state index in [1.165, 1.54) is 15.6 Å². The maximum Gasteiger partial charge on any atom is 0.351 e. The standard InChI is InChI=1S/C21H23ClN6O2.H2O/c1-2-18(20(29)15-3-5-16(22)6-4-15)28-21(30)27(14-25-28)17-7-8-19(24-13-17)26-11-9-23-10-12-26;/h3-8,13-14,18,23H,2,9-12H2,1H3;1H2. The third-order valence-corrected chi connectivity index (χ3v) is 5.51. The summed E-state index contributed by atoms with van der Waals surface area (Å²) in [7, 11) is 0. The fraction of sp³-hybridized carbons (Fsp3) is 0.333. The Labute approximate surface area is 184 Å². The SMILES string of the molecule is CCC(C(=O)c1ccc(Cl)cc1)n1ncn(-c2ccc(N3CCNCC3)nc2)c1=O.O. The van der Waals surface area contributed by atoms with Gasteiger partial charge in [-0.25, -0.2) is 19.0 Å². The molecule has 1 aromatic carbocycles. The maximum atomic E-state index is 13.0. The topological polar surface area (TPSA) is 117 Å². The van der Waals surface area contributed by atoms with E-state index < -0.39 is 6.04 Å². The first-order valence-corrected chi connectivity index (χ1v) is 10.3. The van der Waals surface area contributed by atoms with Crippen LogP contribution in [-0.4, -0.2) is 56.8 Å². The number of hydrogen-bond donors (Lipinski definition) is 1. The number of nitrogens with one attached hydrogen (secondary N) is 1. The summed E-state index contributed by atoms with van der Waals surface area (Å²) in [5.74, 6) is 0.707. The largest absolute Gasteiger partial charge is 0.412 e. The fourth-order valence-electron chi connectivity index (χ4n) is 3.59. The molecule has 164 valence electrons. The number of ketones is 1. The molecule has 0 amide bonds. The highest BCUT2D eigenvalue weighted by Crippen LogP contribution is 2.19. The summed E-state index contributed by atoms with van der Waals surface area (Å²) in [5.41, 5.74) is 0.731. The summed E-state index contributed by atoms with van der Waals surface area (Å²) in [6, 6.07) is 9.71. The molecule has 10 heteroatoms. The van der Waals surface area contributed by atoms with Crippen molar-refractivity contribution in [3.8, 4) is 5.69 Å². The molecular weight excluding hydrogens is 420 g/mol. The molecule has 1 aliphatic heterocycles. The highest BCUT2D eigenvalue weighted by atomic mass is 35.5. The number of halogens is 1. The van der Waals surface area contributed by atoms with E-state index in [1.807, 2.05) is 19.1 Å². The van der Waals surface area contributed by atoms with Crippen molar-refractivity contribution in [2.24, 2.45) is 0 Å². The first-order chi connectivity index (χ1) is 14.6. The molecule has 0 spiro atoms. The predicted octanol–water partition coefficient (Wildman–Crippen LogP) is 1.50. The molecule has 3 N–H and O–H groups in total. The molecule has 0 bridgehead atoms. The number of rotatable bonds is 6. The van der Waals surface area contributed by atoms with E-state index in [1.54, 1.807) is 30.5 Å². The van der Waals surface area contributed by atoms with Gasteiger partial charge in [-0.3, -0.25) is 4.79 Å². The van der Waals surface area contributed by atoms with Crippen LogP contribution < -0.4 is 15.9 Å². The molecule has 9 nitrogen and oxygen atoms in total. The summed E-state index contributed by atoms with van der Waals surface area (Å²) in [5, 5.41) is 8.08. The zero-order chi connectivity index (χ0) is 21.1. The molecule has 2 aromatic heterocycles. The van der Waals surface area contributed by atoms with Crippen LogP contribution in [-0.2, 0) is 0 Å². The third kappa shape index (κ3) is 4.68. The van der Waals surface area contributed by atoms with Crippen LogP contribution >= 0.6 is 11.6 Å². The van der Waals surface area contributed by atoms with Gasteiger partial charge in [0.15, 0.2) is 5.78 Å². The Kier molecular flexibility index (Phi) is 7.21. The molecule has 31 heavy (non-hydrogen) atoms. The number of carbonyl (C=O) groups is 1. The van der Waals surface area contributed by atoms with E-state index in [-0.39, 0.29) is 16.9 Å². The molecule has 1 unspecified atom stereocenters. The van der Waals surface area contributed by atoms with E-state index in [0.717, 1.165) is 32.0 Å². The second-order valence-electron chi connectivity index (χ2n) is 7.13. The van der Waals surface area contributed by atoms with Crippen molar-refractivity contribution < 1.29 is 10.3 Å². The fourth-order valence-corrected chi connectivity index (χ4v) is 3.71. The minimum atomic E-state index is -0.687. The summed E-state index contributed by atoms with van der Waals surface area (Å²) < 4.78 is 2.65. The second-order valence-corrected chi connectivity index (χ2v) is 7.57. The Hall–Kier alpha value is -3.01. The van der Waals surface area contributed by atoms with Crippen molar-refractivity contribution in [3.63, 3.8) is 0 Å². The van der Waals surface area contributed by atoms with Gasteiger partial charge in [0.2, 0.25) is 0 Å². The van der Waals surface area contributed by atoms with E-state index in [4.69, 9.17) is 11.6 Å². The zero-order valence-electron chi connectivity index (χ0n) is 17.2. The van der Waals surface area contributed by atoms with E-state index in [9.17, 15) is 9.59 Å². The van der Waals surface area contributed by atoms with Crippen molar-refractivity contribution in [3.05, 3.63) is 70.0 Å². The van der Waals surface area contributed by atoms with Gasteiger partial charge in [0.05, 0.1) is 11.9 Å². The van der Waals surface area contributed by atoms with Crippen LogP contribution in [0.3, 0.4) is 0 Å². The summed E-state index contributed by atoms with van der Waals surface area (Å²) in [6.07, 6.45) is 3.53. The van der Waals surface area contributed by atoms with E-state index >= 15 is 0 Å². The van der Waals surface area contributed by atoms with Gasteiger partial charge >= 0.3 is 5.69 Å². The van der Waals surface area contributed by atoms with Crippen LogP contribution in [0.2, 0.25) is 5.02 Å². The molecule has 1 saturated heterocycles. The molecule has 1 aliphatic rings. The second kappa shape index (κ2) is 9.86. The number of piperazine rings is 1. The molecule has 3 heterocycles. The molecule has 3 aromatic rings. The summed E-state index contributed by atoms with van der Waals surface area (Å²) in [4.78, 5) is 32.6. The molecule has 0 saturated carbocycles.